The summed E-state index contributed by atoms with van der Waals surface area (Å²) < 4.78 is 21.9. The minimum absolute atomic E-state index is 0.530. The van der Waals surface area contributed by atoms with Crippen molar-refractivity contribution in [3.8, 4) is 17.2 Å². The Bertz CT molecular complexity index is 993. The number of epoxide rings is 1. The lowest BCUT2D eigenvalue weighted by Crippen LogP contribution is -2.31. The van der Waals surface area contributed by atoms with Crippen LogP contribution in [0.4, 0.5) is 0 Å². The second-order valence-corrected chi connectivity index (χ2v) is 6.96. The Hall–Kier alpha value is -3.51. The Morgan fingerprint density at radius 2 is 1.00 bits per heavy atom. The lowest BCUT2D eigenvalue weighted by Gasteiger charge is -2.20. The van der Waals surface area contributed by atoms with Gasteiger partial charge in [-0.2, -0.15) is 0 Å². The first-order valence-corrected chi connectivity index (χ1v) is 9.39. The summed E-state index contributed by atoms with van der Waals surface area (Å²) >= 11 is 0. The summed E-state index contributed by atoms with van der Waals surface area (Å²) in [5.41, 5.74) is -0.824. The van der Waals surface area contributed by atoms with Crippen LogP contribution in [-0.4, -0.2) is 32.4 Å². The summed E-state index contributed by atoms with van der Waals surface area (Å²) in [4.78, 5) is 12.6. The molecule has 1 unspecified atom stereocenters. The monoisotopic (exact) mass is 406 g/mol. The van der Waals surface area contributed by atoms with Gasteiger partial charge in [-0.15, -0.1) is 0 Å². The van der Waals surface area contributed by atoms with Gasteiger partial charge in [-0.1, -0.05) is 36.4 Å². The molecule has 154 valence electrons. The van der Waals surface area contributed by atoms with Crippen LogP contribution in [0.1, 0.15) is 16.7 Å². The largest absolute Gasteiger partial charge is 0.497 e. The summed E-state index contributed by atoms with van der Waals surface area (Å²) in [6, 6.07) is 21.4. The van der Waals surface area contributed by atoms with E-state index in [1.807, 2.05) is 24.3 Å². The zero-order valence-corrected chi connectivity index (χ0v) is 16.9. The van der Waals surface area contributed by atoms with Crippen molar-refractivity contribution < 1.29 is 28.8 Å². The van der Waals surface area contributed by atoms with Crippen LogP contribution >= 0.6 is 0 Å². The summed E-state index contributed by atoms with van der Waals surface area (Å²) in [5.74, 6) is 0.919. The van der Waals surface area contributed by atoms with Crippen LogP contribution in [0.5, 0.6) is 17.2 Å². The van der Waals surface area contributed by atoms with E-state index in [9.17, 15) is 9.90 Å². The summed E-state index contributed by atoms with van der Waals surface area (Å²) in [6.07, 6.45) is 0. The molecular weight excluding hydrogens is 384 g/mol. The van der Waals surface area contributed by atoms with Gasteiger partial charge in [0.1, 0.15) is 17.2 Å². The lowest BCUT2D eigenvalue weighted by molar-refractivity contribution is -0.143. The van der Waals surface area contributed by atoms with Gasteiger partial charge in [0.15, 0.2) is 5.60 Å². The molecule has 30 heavy (non-hydrogen) atoms. The highest BCUT2D eigenvalue weighted by Gasteiger charge is 2.78. The van der Waals surface area contributed by atoms with Gasteiger partial charge in [0.2, 0.25) is 5.60 Å². The number of carbonyl (C=O) groups is 1. The second-order valence-electron chi connectivity index (χ2n) is 6.96. The molecule has 0 spiro atoms. The van der Waals surface area contributed by atoms with Crippen molar-refractivity contribution in [1.82, 2.24) is 0 Å². The first-order valence-electron chi connectivity index (χ1n) is 9.39. The van der Waals surface area contributed by atoms with Crippen molar-refractivity contribution in [1.29, 1.82) is 0 Å². The van der Waals surface area contributed by atoms with Crippen molar-refractivity contribution in [2.24, 2.45) is 0 Å². The average molecular weight is 406 g/mol. The normalized spacial score (nSPS) is 19.0. The van der Waals surface area contributed by atoms with E-state index in [1.165, 1.54) is 0 Å². The predicted molar refractivity (Wildman–Crippen MR) is 110 cm³/mol. The van der Waals surface area contributed by atoms with E-state index in [4.69, 9.17) is 18.9 Å². The molecule has 0 aliphatic carbocycles. The van der Waals surface area contributed by atoms with Gasteiger partial charge in [0.05, 0.1) is 21.3 Å². The third kappa shape index (κ3) is 2.80. The van der Waals surface area contributed by atoms with Crippen LogP contribution in [0.3, 0.4) is 0 Å². The second kappa shape index (κ2) is 7.39. The van der Waals surface area contributed by atoms with Crippen molar-refractivity contribution in [3.63, 3.8) is 0 Å². The minimum atomic E-state index is -1.58. The molecule has 4 rings (SSSR count). The fourth-order valence-corrected chi connectivity index (χ4v) is 3.95. The van der Waals surface area contributed by atoms with Crippen molar-refractivity contribution in [2.75, 3.05) is 21.3 Å². The number of carboxylic acids is 1. The van der Waals surface area contributed by atoms with Crippen molar-refractivity contribution in [3.05, 3.63) is 89.5 Å². The molecule has 6 heteroatoms. The number of benzene rings is 3. The van der Waals surface area contributed by atoms with E-state index in [2.05, 4.69) is 0 Å². The topological polar surface area (TPSA) is 77.5 Å². The zero-order chi connectivity index (χ0) is 21.4. The maximum atomic E-state index is 12.6. The zero-order valence-electron chi connectivity index (χ0n) is 16.9. The van der Waals surface area contributed by atoms with Gasteiger partial charge in [0, 0.05) is 0 Å². The molecule has 1 heterocycles. The Morgan fingerprint density at radius 3 is 1.30 bits per heavy atom. The first-order chi connectivity index (χ1) is 14.5. The number of hydrogen-bond acceptors (Lipinski definition) is 5. The summed E-state index contributed by atoms with van der Waals surface area (Å²) in [5, 5.41) is 10.3. The third-order valence-corrected chi connectivity index (χ3v) is 5.55. The van der Waals surface area contributed by atoms with Crippen LogP contribution in [-0.2, 0) is 20.7 Å². The number of ether oxygens (including phenoxy) is 4. The molecule has 1 atom stereocenters. The van der Waals surface area contributed by atoms with Gasteiger partial charge in [-0.25, -0.2) is 4.79 Å². The Morgan fingerprint density at radius 1 is 0.667 bits per heavy atom. The molecule has 1 aliphatic heterocycles. The highest BCUT2D eigenvalue weighted by molar-refractivity contribution is 5.87. The van der Waals surface area contributed by atoms with Crippen LogP contribution in [0.2, 0.25) is 0 Å². The maximum Gasteiger partial charge on any atom is 0.344 e. The van der Waals surface area contributed by atoms with Crippen molar-refractivity contribution >= 4 is 5.97 Å². The van der Waals surface area contributed by atoms with Crippen LogP contribution in [0.25, 0.3) is 0 Å². The highest BCUT2D eigenvalue weighted by atomic mass is 16.7. The van der Waals surface area contributed by atoms with E-state index >= 15 is 0 Å². The molecule has 0 bridgehead atoms. The Balaban J connectivity index is 1.91. The van der Waals surface area contributed by atoms with Crippen LogP contribution in [0.15, 0.2) is 72.8 Å². The van der Waals surface area contributed by atoms with E-state index in [1.54, 1.807) is 69.9 Å². The SMILES string of the molecule is COc1ccc(C2(C(=O)O)OC2(c2ccc(OC)cc2)c2ccc(OC)cc2)cc1. The molecule has 1 saturated heterocycles. The Kier molecular flexibility index (Phi) is 4.87. The van der Waals surface area contributed by atoms with E-state index in [0.717, 1.165) is 0 Å². The fraction of sp³-hybridized carbons (Fsp3) is 0.208. The van der Waals surface area contributed by atoms with Crippen molar-refractivity contribution in [2.45, 2.75) is 11.2 Å². The van der Waals surface area contributed by atoms with E-state index in [-0.39, 0.29) is 0 Å². The first kappa shape index (κ1) is 19.8. The minimum Gasteiger partial charge on any atom is -0.497 e. The number of aliphatic carboxylic acids is 1. The van der Waals surface area contributed by atoms with Gasteiger partial charge in [-0.05, 0) is 53.1 Å². The van der Waals surface area contributed by atoms with Gasteiger partial charge < -0.3 is 24.1 Å². The summed E-state index contributed by atoms with van der Waals surface area (Å²) in [6.45, 7) is 0. The quantitative estimate of drug-likeness (QED) is 0.599. The third-order valence-electron chi connectivity index (χ3n) is 5.55. The molecule has 0 saturated carbocycles. The predicted octanol–water partition coefficient (Wildman–Crippen LogP) is 3.97. The molecule has 6 nitrogen and oxygen atoms in total. The standard InChI is InChI=1S/C24H22O6/c1-27-19-10-4-16(5-11-19)23(17-6-12-20(28-2)13-7-17)24(30-23,22(25)26)18-8-14-21(29-3)15-9-18/h4-15H,1-3H3,(H,25,26). The molecular formula is C24H22O6. The molecule has 3 aromatic rings. The molecule has 3 aromatic carbocycles. The number of hydrogen-bond donors (Lipinski definition) is 1. The van der Waals surface area contributed by atoms with Gasteiger partial charge >= 0.3 is 5.97 Å². The van der Waals surface area contributed by atoms with Crippen LogP contribution < -0.4 is 14.2 Å². The molecule has 1 N–H and O–H groups in total. The number of methoxy groups -OCH3 is 3. The Labute approximate surface area is 174 Å². The smallest absolute Gasteiger partial charge is 0.344 e. The van der Waals surface area contributed by atoms with Gasteiger partial charge in [-0.3, -0.25) is 0 Å². The number of carboxylic acid groups (broad SMARTS) is 1. The van der Waals surface area contributed by atoms with E-state index in [0.29, 0.717) is 33.9 Å². The maximum absolute atomic E-state index is 12.6. The fourth-order valence-electron chi connectivity index (χ4n) is 3.95. The van der Waals surface area contributed by atoms with Gasteiger partial charge in [0.25, 0.3) is 0 Å². The molecule has 0 aromatic heterocycles. The van der Waals surface area contributed by atoms with Crippen LogP contribution in [0, 0.1) is 0 Å². The molecule has 0 radical (unpaired) electrons. The number of rotatable bonds is 7. The lowest BCUT2D eigenvalue weighted by atomic mass is 9.77. The summed E-state index contributed by atoms with van der Waals surface area (Å²) in [7, 11) is 4.73. The molecule has 1 aliphatic rings. The van der Waals surface area contributed by atoms with E-state index < -0.39 is 17.2 Å². The molecule has 0 amide bonds. The molecule has 1 fully saturated rings. The highest BCUT2D eigenvalue weighted by Crippen LogP contribution is 2.66. The average Bonchev–Trinajstić information content (AvgIpc) is 3.52.